The number of carbonyl (C=O) groups excluding carboxylic acids is 1. The maximum Gasteiger partial charge on any atom is 0.274 e. The number of carbonyl (C=O) groups is 1. The average Bonchev–Trinajstić information content (AvgIpc) is 3.49. The molecule has 36 heavy (non-hydrogen) atoms. The number of amides is 1. The molecular formula is C29H34ClN3O3. The largest absolute Gasteiger partial charge is 0.492 e. The monoisotopic (exact) mass is 507 g/mol. The highest BCUT2D eigenvalue weighted by atomic mass is 35.5. The molecule has 7 heteroatoms. The summed E-state index contributed by atoms with van der Waals surface area (Å²) in [5.41, 5.74) is 3.64. The molecule has 4 aromatic rings. The summed E-state index contributed by atoms with van der Waals surface area (Å²) in [5.74, 6) is 1.59. The van der Waals surface area contributed by atoms with Crippen molar-refractivity contribution >= 4 is 44.9 Å². The average molecular weight is 508 g/mol. The van der Waals surface area contributed by atoms with Gasteiger partial charge in [0.2, 0.25) is 0 Å². The van der Waals surface area contributed by atoms with E-state index in [0.717, 1.165) is 51.8 Å². The molecule has 1 aliphatic heterocycles. The first-order valence-corrected chi connectivity index (χ1v) is 13.0. The number of nitrogens with zero attached hydrogens (tertiary/aromatic N) is 2. The van der Waals surface area contributed by atoms with Crippen LogP contribution in [0.3, 0.4) is 0 Å². The van der Waals surface area contributed by atoms with Gasteiger partial charge in [0.15, 0.2) is 0 Å². The van der Waals surface area contributed by atoms with Crippen LogP contribution in [0.15, 0.2) is 54.6 Å². The van der Waals surface area contributed by atoms with E-state index in [2.05, 4.69) is 33.6 Å². The van der Waals surface area contributed by atoms with Crippen molar-refractivity contribution in [3.05, 3.63) is 65.9 Å². The number of aromatic amines is 1. The molecule has 0 radical (unpaired) electrons. The van der Waals surface area contributed by atoms with E-state index < -0.39 is 0 Å². The molecule has 6 nitrogen and oxygen atoms in total. The Kier molecular flexibility index (Phi) is 8.07. The SMILES string of the molecule is CC(C)Oc1cc2c(c3ccccc13)CCN2C(=O)c1cc2cc(OCCN(C)C)ccc2[nH]1.CCl. The van der Waals surface area contributed by atoms with Gasteiger partial charge in [-0.2, -0.15) is 0 Å². The Hall–Kier alpha value is -3.22. The zero-order chi connectivity index (χ0) is 25.8. The van der Waals surface area contributed by atoms with Gasteiger partial charge in [0, 0.05) is 41.8 Å². The molecule has 0 bridgehead atoms. The zero-order valence-corrected chi connectivity index (χ0v) is 22.4. The summed E-state index contributed by atoms with van der Waals surface area (Å²) in [6, 6.07) is 18.1. The fourth-order valence-corrected chi connectivity index (χ4v) is 4.61. The van der Waals surface area contributed by atoms with E-state index in [-0.39, 0.29) is 12.0 Å². The topological polar surface area (TPSA) is 57.8 Å². The maximum absolute atomic E-state index is 13.6. The minimum absolute atomic E-state index is 0.0317. The Labute approximate surface area is 217 Å². The molecule has 0 atom stereocenters. The van der Waals surface area contributed by atoms with E-state index in [0.29, 0.717) is 18.8 Å². The number of likely N-dealkylation sites (N-methyl/N-ethyl adjacent to an activating group) is 1. The number of aromatic nitrogens is 1. The van der Waals surface area contributed by atoms with Crippen LogP contribution in [0, 0.1) is 0 Å². The van der Waals surface area contributed by atoms with Gasteiger partial charge >= 0.3 is 0 Å². The highest BCUT2D eigenvalue weighted by molar-refractivity contribution is 6.15. The van der Waals surface area contributed by atoms with Crippen molar-refractivity contribution in [3.8, 4) is 11.5 Å². The van der Waals surface area contributed by atoms with Crippen LogP contribution in [0.25, 0.3) is 21.7 Å². The van der Waals surface area contributed by atoms with Crippen LogP contribution in [0.5, 0.6) is 11.5 Å². The third-order valence-electron chi connectivity index (χ3n) is 6.21. The van der Waals surface area contributed by atoms with Crippen molar-refractivity contribution in [1.82, 2.24) is 9.88 Å². The van der Waals surface area contributed by atoms with Crippen LogP contribution in [0.2, 0.25) is 0 Å². The Bertz CT molecular complexity index is 1360. The smallest absolute Gasteiger partial charge is 0.274 e. The molecule has 0 unspecified atom stereocenters. The van der Waals surface area contributed by atoms with Crippen LogP contribution < -0.4 is 14.4 Å². The van der Waals surface area contributed by atoms with E-state index in [4.69, 9.17) is 9.47 Å². The van der Waals surface area contributed by atoms with E-state index in [1.165, 1.54) is 11.9 Å². The van der Waals surface area contributed by atoms with Crippen molar-refractivity contribution in [2.75, 3.05) is 45.1 Å². The predicted molar refractivity (Wildman–Crippen MR) is 149 cm³/mol. The van der Waals surface area contributed by atoms with Gasteiger partial charge < -0.3 is 24.3 Å². The molecular weight excluding hydrogens is 474 g/mol. The molecule has 2 heterocycles. The summed E-state index contributed by atoms with van der Waals surface area (Å²) in [6.07, 6.45) is 2.35. The second-order valence-corrected chi connectivity index (χ2v) is 9.38. The number of fused-ring (bicyclic) bond motifs is 4. The van der Waals surface area contributed by atoms with Crippen LogP contribution in [-0.4, -0.2) is 62.1 Å². The van der Waals surface area contributed by atoms with Gasteiger partial charge in [-0.1, -0.05) is 24.3 Å². The number of rotatable bonds is 7. The number of ether oxygens (including phenoxy) is 2. The summed E-state index contributed by atoms with van der Waals surface area (Å²) in [4.78, 5) is 20.9. The molecule has 0 fully saturated rings. The van der Waals surface area contributed by atoms with Crippen molar-refractivity contribution in [2.45, 2.75) is 26.4 Å². The standard InChI is InChI=1S/C28H31N3O3.CH3Cl/c1-18(2)34-27-17-26-22(21-7-5-6-8-23(21)27)11-12-31(26)28(32)25-16-19-15-20(9-10-24(19)29-25)33-14-13-30(3)4;1-2/h5-10,15-18,29H,11-14H2,1-4H3;1H3. The molecule has 1 aromatic heterocycles. The minimum atomic E-state index is -0.0317. The quantitative estimate of drug-likeness (QED) is 0.307. The van der Waals surface area contributed by atoms with E-state index >= 15 is 0 Å². The van der Waals surface area contributed by atoms with Crippen LogP contribution in [0.1, 0.15) is 29.9 Å². The molecule has 1 N–H and O–H groups in total. The van der Waals surface area contributed by atoms with Crippen LogP contribution in [-0.2, 0) is 6.42 Å². The number of hydrogen-bond acceptors (Lipinski definition) is 4. The minimum Gasteiger partial charge on any atom is -0.492 e. The number of alkyl halides is 1. The lowest BCUT2D eigenvalue weighted by molar-refractivity contribution is 0.0985. The third kappa shape index (κ3) is 5.30. The number of anilines is 1. The van der Waals surface area contributed by atoms with Gasteiger partial charge in [0.05, 0.1) is 11.8 Å². The second-order valence-electron chi connectivity index (χ2n) is 9.38. The highest BCUT2D eigenvalue weighted by Crippen LogP contribution is 2.41. The van der Waals surface area contributed by atoms with Gasteiger partial charge in [-0.05, 0) is 69.6 Å². The van der Waals surface area contributed by atoms with E-state index in [9.17, 15) is 4.79 Å². The first kappa shape index (κ1) is 25.9. The molecule has 5 rings (SSSR count). The van der Waals surface area contributed by atoms with E-state index in [1.54, 1.807) is 0 Å². The molecule has 1 aliphatic rings. The molecule has 0 spiro atoms. The van der Waals surface area contributed by atoms with Gasteiger partial charge in [-0.15, -0.1) is 11.6 Å². The third-order valence-corrected chi connectivity index (χ3v) is 6.21. The van der Waals surface area contributed by atoms with Gasteiger partial charge in [0.1, 0.15) is 23.8 Å². The first-order chi connectivity index (χ1) is 17.4. The maximum atomic E-state index is 13.6. The Morgan fingerprint density at radius 1 is 1.08 bits per heavy atom. The lowest BCUT2D eigenvalue weighted by atomic mass is 10.0. The fraction of sp³-hybridized carbons (Fsp3) is 0.345. The zero-order valence-electron chi connectivity index (χ0n) is 21.6. The molecule has 1 amide bonds. The van der Waals surface area contributed by atoms with Gasteiger partial charge in [0.25, 0.3) is 5.91 Å². The van der Waals surface area contributed by atoms with Gasteiger partial charge in [-0.3, -0.25) is 4.79 Å². The summed E-state index contributed by atoms with van der Waals surface area (Å²) in [5, 5.41) is 3.21. The number of hydrogen-bond donors (Lipinski definition) is 1. The number of nitrogens with one attached hydrogen (secondary N) is 1. The number of H-pyrrole nitrogens is 1. The number of halogens is 1. The first-order valence-electron chi connectivity index (χ1n) is 12.2. The highest BCUT2D eigenvalue weighted by Gasteiger charge is 2.29. The van der Waals surface area contributed by atoms with Crippen LogP contribution >= 0.6 is 11.6 Å². The lowest BCUT2D eigenvalue weighted by Gasteiger charge is -2.20. The summed E-state index contributed by atoms with van der Waals surface area (Å²) in [6.45, 7) is 6.16. The normalized spacial score (nSPS) is 12.7. The lowest BCUT2D eigenvalue weighted by Crippen LogP contribution is -2.29. The van der Waals surface area contributed by atoms with Crippen LogP contribution in [0.4, 0.5) is 5.69 Å². The molecule has 0 saturated heterocycles. The summed E-state index contributed by atoms with van der Waals surface area (Å²) >= 11 is 4.64. The number of benzene rings is 3. The Balaban J connectivity index is 0.00000148. The predicted octanol–water partition coefficient (Wildman–Crippen LogP) is 6.11. The Morgan fingerprint density at radius 2 is 1.83 bits per heavy atom. The second kappa shape index (κ2) is 11.2. The van der Waals surface area contributed by atoms with Crippen molar-refractivity contribution in [1.29, 1.82) is 0 Å². The molecule has 0 saturated carbocycles. The van der Waals surface area contributed by atoms with Gasteiger partial charge in [-0.25, -0.2) is 0 Å². The molecule has 190 valence electrons. The van der Waals surface area contributed by atoms with Crippen molar-refractivity contribution in [2.24, 2.45) is 0 Å². The molecule has 3 aromatic carbocycles. The molecule has 0 aliphatic carbocycles. The van der Waals surface area contributed by atoms with Crippen molar-refractivity contribution < 1.29 is 14.3 Å². The summed E-state index contributed by atoms with van der Waals surface area (Å²) in [7, 11) is 4.04. The summed E-state index contributed by atoms with van der Waals surface area (Å²) < 4.78 is 12.0. The fourth-order valence-electron chi connectivity index (χ4n) is 4.61. The van der Waals surface area contributed by atoms with E-state index in [1.807, 2.05) is 75.3 Å². The van der Waals surface area contributed by atoms with Crippen molar-refractivity contribution in [3.63, 3.8) is 0 Å². The Morgan fingerprint density at radius 3 is 2.56 bits per heavy atom.